The fraction of sp³-hybridized carbons (Fsp3) is 0.429. The lowest BCUT2D eigenvalue weighted by molar-refractivity contribution is -0.385. The Labute approximate surface area is 141 Å². The van der Waals surface area contributed by atoms with Crippen LogP contribution in [0.2, 0.25) is 0 Å². The van der Waals surface area contributed by atoms with Crippen LogP contribution >= 0.6 is 0 Å². The Morgan fingerprint density at radius 1 is 1.48 bits per heavy atom. The Hall–Kier alpha value is -2.69. The predicted octanol–water partition coefficient (Wildman–Crippen LogP) is 2.77. The zero-order chi connectivity index (χ0) is 19.4. The smallest absolute Gasteiger partial charge is 0.365 e. The number of allylic oxidation sites excluding steroid dienone is 1. The van der Waals surface area contributed by atoms with E-state index in [0.29, 0.717) is 12.8 Å². The number of carbonyl (C=O) groups is 1. The minimum absolute atomic E-state index is 0.267. The molecule has 0 atom stereocenters. The van der Waals surface area contributed by atoms with Crippen molar-refractivity contribution in [1.82, 2.24) is 10.4 Å². The van der Waals surface area contributed by atoms with Crippen molar-refractivity contribution in [2.45, 2.75) is 38.4 Å². The van der Waals surface area contributed by atoms with E-state index in [4.69, 9.17) is 5.84 Å². The Bertz CT molecular complexity index is 689. The molecule has 138 valence electrons. The molecular formula is C14H18F3N5O3. The lowest BCUT2D eigenvalue weighted by atomic mass is 9.98. The van der Waals surface area contributed by atoms with Crippen LogP contribution in [0.1, 0.15) is 42.7 Å². The number of amides is 1. The highest BCUT2D eigenvalue weighted by atomic mass is 19.4. The molecule has 0 saturated carbocycles. The number of carbonyl (C=O) groups excluding carboxylic acids is 1. The average Bonchev–Trinajstić information content (AvgIpc) is 2.50. The van der Waals surface area contributed by atoms with Gasteiger partial charge in [-0.3, -0.25) is 20.3 Å². The second-order valence-electron chi connectivity index (χ2n) is 5.82. The van der Waals surface area contributed by atoms with Gasteiger partial charge >= 0.3 is 11.9 Å². The summed E-state index contributed by atoms with van der Waals surface area (Å²) >= 11 is 0. The number of nitrogens with zero attached hydrogens (tertiary/aromatic N) is 2. The molecule has 1 aromatic rings. The van der Waals surface area contributed by atoms with Crippen LogP contribution in [0.5, 0.6) is 0 Å². The van der Waals surface area contributed by atoms with Crippen molar-refractivity contribution in [3.05, 3.63) is 40.1 Å². The van der Waals surface area contributed by atoms with Gasteiger partial charge in [-0.05, 0) is 26.7 Å². The van der Waals surface area contributed by atoms with Crippen molar-refractivity contribution in [2.24, 2.45) is 5.84 Å². The number of alkyl halides is 3. The molecule has 11 heteroatoms. The average molecular weight is 361 g/mol. The van der Waals surface area contributed by atoms with E-state index < -0.39 is 45.3 Å². The zero-order valence-corrected chi connectivity index (χ0v) is 13.6. The highest BCUT2D eigenvalue weighted by Crippen LogP contribution is 2.38. The number of nitro groups is 1. The normalized spacial score (nSPS) is 11.8. The van der Waals surface area contributed by atoms with E-state index in [1.807, 2.05) is 0 Å². The van der Waals surface area contributed by atoms with Gasteiger partial charge in [0.15, 0.2) is 0 Å². The fourth-order valence-electron chi connectivity index (χ4n) is 2.03. The van der Waals surface area contributed by atoms with Gasteiger partial charge < -0.3 is 5.32 Å². The van der Waals surface area contributed by atoms with E-state index in [1.54, 1.807) is 25.3 Å². The number of hydrogen-bond acceptors (Lipinski definition) is 6. The van der Waals surface area contributed by atoms with Gasteiger partial charge in [-0.15, -0.1) is 6.58 Å². The van der Waals surface area contributed by atoms with Crippen molar-refractivity contribution in [3.8, 4) is 0 Å². The van der Waals surface area contributed by atoms with Gasteiger partial charge in [-0.1, -0.05) is 6.08 Å². The summed E-state index contributed by atoms with van der Waals surface area (Å²) in [6, 6.07) is 0.267. The Kier molecular flexibility index (Phi) is 6.08. The van der Waals surface area contributed by atoms with Crippen LogP contribution in [-0.4, -0.2) is 21.4 Å². The first-order valence-electron chi connectivity index (χ1n) is 7.09. The summed E-state index contributed by atoms with van der Waals surface area (Å²) in [7, 11) is 0. The maximum Gasteiger partial charge on any atom is 0.420 e. The van der Waals surface area contributed by atoms with Crippen LogP contribution < -0.4 is 16.6 Å². The Morgan fingerprint density at radius 3 is 2.52 bits per heavy atom. The minimum atomic E-state index is -4.91. The molecule has 1 amide bonds. The maximum atomic E-state index is 13.3. The molecule has 0 bridgehead atoms. The summed E-state index contributed by atoms with van der Waals surface area (Å²) in [5.74, 6) is 3.06. The number of nitrogens with two attached hydrogens (primary N) is 1. The van der Waals surface area contributed by atoms with Gasteiger partial charge in [0.05, 0.1) is 4.92 Å². The van der Waals surface area contributed by atoms with E-state index >= 15 is 0 Å². The molecule has 0 radical (unpaired) electrons. The molecule has 0 spiro atoms. The molecule has 0 unspecified atom stereocenters. The second kappa shape index (κ2) is 7.47. The van der Waals surface area contributed by atoms with Gasteiger partial charge in [0.25, 0.3) is 5.91 Å². The standard InChI is InChI=1S/C14H18F3N5O3/c1-4-5-6-13(2,3)20-11-8(14(15,16)17)7-9(22(24)25)10(19-11)12(23)21-18/h4,7H,1,5-6,18H2,2-3H3,(H,19,20)(H,21,23). The summed E-state index contributed by atoms with van der Waals surface area (Å²) in [5, 5.41) is 13.6. The van der Waals surface area contributed by atoms with Gasteiger partial charge in [-0.2, -0.15) is 13.2 Å². The minimum Gasteiger partial charge on any atom is -0.365 e. The number of nitrogen functional groups attached to an aromatic ring is 1. The van der Waals surface area contributed by atoms with E-state index in [-0.39, 0.29) is 6.07 Å². The number of hydrogen-bond donors (Lipinski definition) is 3. The third kappa shape index (κ3) is 5.14. The SMILES string of the molecule is C=CCCC(C)(C)Nc1nc(C(=O)NN)c([N+](=O)[O-])cc1C(F)(F)F. The van der Waals surface area contributed by atoms with E-state index in [9.17, 15) is 28.1 Å². The number of anilines is 1. The summed E-state index contributed by atoms with van der Waals surface area (Å²) in [4.78, 5) is 25.1. The summed E-state index contributed by atoms with van der Waals surface area (Å²) < 4.78 is 39.9. The van der Waals surface area contributed by atoms with Gasteiger partial charge in [0.2, 0.25) is 5.69 Å². The summed E-state index contributed by atoms with van der Waals surface area (Å²) in [6.07, 6.45) is -2.37. The number of pyridine rings is 1. The summed E-state index contributed by atoms with van der Waals surface area (Å²) in [5.41, 5.74) is -2.47. The lowest BCUT2D eigenvalue weighted by Crippen LogP contribution is -2.34. The highest BCUT2D eigenvalue weighted by molar-refractivity contribution is 5.96. The van der Waals surface area contributed by atoms with Crippen LogP contribution in [-0.2, 0) is 6.18 Å². The van der Waals surface area contributed by atoms with Crippen molar-refractivity contribution in [3.63, 3.8) is 0 Å². The molecule has 1 heterocycles. The summed E-state index contributed by atoms with van der Waals surface area (Å²) in [6.45, 7) is 6.80. The molecular weight excluding hydrogens is 343 g/mol. The largest absolute Gasteiger partial charge is 0.420 e. The second-order valence-corrected chi connectivity index (χ2v) is 5.82. The quantitative estimate of drug-likeness (QED) is 0.226. The van der Waals surface area contributed by atoms with Crippen LogP contribution in [0.25, 0.3) is 0 Å². The van der Waals surface area contributed by atoms with Crippen molar-refractivity contribution < 1.29 is 22.9 Å². The van der Waals surface area contributed by atoms with Crippen molar-refractivity contribution in [1.29, 1.82) is 0 Å². The molecule has 8 nitrogen and oxygen atoms in total. The number of rotatable bonds is 7. The molecule has 1 aromatic heterocycles. The van der Waals surface area contributed by atoms with Gasteiger partial charge in [-0.25, -0.2) is 10.8 Å². The third-order valence-electron chi connectivity index (χ3n) is 3.28. The molecule has 1 rings (SSSR count). The predicted molar refractivity (Wildman–Crippen MR) is 84.7 cm³/mol. The van der Waals surface area contributed by atoms with E-state index in [0.717, 1.165) is 0 Å². The third-order valence-corrected chi connectivity index (χ3v) is 3.28. The first kappa shape index (κ1) is 20.4. The molecule has 0 saturated heterocycles. The monoisotopic (exact) mass is 361 g/mol. The highest BCUT2D eigenvalue weighted by Gasteiger charge is 2.39. The number of halogens is 3. The Morgan fingerprint density at radius 2 is 2.08 bits per heavy atom. The molecule has 0 fully saturated rings. The number of hydrazine groups is 1. The number of aromatic nitrogens is 1. The molecule has 25 heavy (non-hydrogen) atoms. The molecule has 0 aliphatic rings. The maximum absolute atomic E-state index is 13.3. The topological polar surface area (TPSA) is 123 Å². The van der Waals surface area contributed by atoms with Crippen LogP contribution in [0, 0.1) is 10.1 Å². The molecule has 0 aliphatic carbocycles. The van der Waals surface area contributed by atoms with Crippen molar-refractivity contribution >= 4 is 17.4 Å². The van der Waals surface area contributed by atoms with Gasteiger partial charge in [0, 0.05) is 11.6 Å². The van der Waals surface area contributed by atoms with Crippen molar-refractivity contribution in [2.75, 3.05) is 5.32 Å². The first-order chi connectivity index (χ1) is 11.4. The zero-order valence-electron chi connectivity index (χ0n) is 13.6. The van der Waals surface area contributed by atoms with Crippen LogP contribution in [0.15, 0.2) is 18.7 Å². The Balaban J connectivity index is 3.54. The lowest BCUT2D eigenvalue weighted by Gasteiger charge is -2.28. The molecule has 0 aromatic carbocycles. The first-order valence-corrected chi connectivity index (χ1v) is 7.09. The van der Waals surface area contributed by atoms with E-state index in [2.05, 4.69) is 16.9 Å². The van der Waals surface area contributed by atoms with Crippen LogP contribution in [0.4, 0.5) is 24.7 Å². The molecule has 4 N–H and O–H groups in total. The fourth-order valence-corrected chi connectivity index (χ4v) is 2.03. The van der Waals surface area contributed by atoms with Crippen LogP contribution in [0.3, 0.4) is 0 Å². The van der Waals surface area contributed by atoms with Gasteiger partial charge in [0.1, 0.15) is 11.4 Å². The van der Waals surface area contributed by atoms with E-state index in [1.165, 1.54) is 0 Å². The number of nitrogens with one attached hydrogen (secondary N) is 2. The molecule has 0 aliphatic heterocycles.